The molecule has 1 unspecified atom stereocenters. The topological polar surface area (TPSA) is 9.23 Å². The van der Waals surface area contributed by atoms with Gasteiger partial charge < -0.3 is 4.74 Å². The summed E-state index contributed by atoms with van der Waals surface area (Å²) in [5, 5.41) is 0. The van der Waals surface area contributed by atoms with Gasteiger partial charge in [-0.05, 0) is 43.4 Å². The van der Waals surface area contributed by atoms with Crippen LogP contribution in [0, 0.1) is 17.8 Å². The molecule has 1 saturated carbocycles. The molecule has 1 saturated heterocycles. The quantitative estimate of drug-likeness (QED) is 0.682. The summed E-state index contributed by atoms with van der Waals surface area (Å²) in [7, 11) is 3.15. The standard InChI is InChI=1S/C15H28OSi/c1-3-15(13-8-10-17-11-9-13)12-4-6-14(16-2)7-5-12/h12-15H,3-11H2,1-2H3. The summed E-state index contributed by atoms with van der Waals surface area (Å²) in [6.45, 7) is 2.42. The minimum Gasteiger partial charge on any atom is -0.381 e. The molecule has 2 fully saturated rings. The number of ether oxygens (including phenoxy) is 1. The molecule has 0 aromatic carbocycles. The Labute approximate surface area is 110 Å². The van der Waals surface area contributed by atoms with Crippen molar-refractivity contribution >= 4 is 9.52 Å². The van der Waals surface area contributed by atoms with E-state index in [0.29, 0.717) is 6.10 Å². The molecule has 1 aliphatic carbocycles. The molecule has 0 spiro atoms. The van der Waals surface area contributed by atoms with E-state index in [1.54, 1.807) is 0 Å². The first-order valence-corrected chi connectivity index (χ1v) is 9.00. The van der Waals surface area contributed by atoms with Crippen LogP contribution in [0.3, 0.4) is 0 Å². The van der Waals surface area contributed by atoms with Crippen molar-refractivity contribution in [3.05, 3.63) is 0 Å². The number of methoxy groups -OCH3 is 1. The summed E-state index contributed by atoms with van der Waals surface area (Å²) >= 11 is 0. The van der Waals surface area contributed by atoms with Gasteiger partial charge in [0.1, 0.15) is 0 Å². The molecule has 1 atom stereocenters. The van der Waals surface area contributed by atoms with Gasteiger partial charge in [-0.15, -0.1) is 0 Å². The van der Waals surface area contributed by atoms with Crippen molar-refractivity contribution in [2.75, 3.05) is 7.11 Å². The summed E-state index contributed by atoms with van der Waals surface area (Å²) in [6.07, 6.45) is 10.5. The van der Waals surface area contributed by atoms with Crippen LogP contribution >= 0.6 is 0 Å². The van der Waals surface area contributed by atoms with Crippen molar-refractivity contribution in [1.29, 1.82) is 0 Å². The van der Waals surface area contributed by atoms with E-state index in [4.69, 9.17) is 4.74 Å². The lowest BCUT2D eigenvalue weighted by molar-refractivity contribution is 0.0365. The van der Waals surface area contributed by atoms with Crippen molar-refractivity contribution in [3.63, 3.8) is 0 Å². The molecule has 2 rings (SSSR count). The second-order valence-electron chi connectivity index (χ2n) is 5.93. The zero-order valence-electron chi connectivity index (χ0n) is 11.6. The van der Waals surface area contributed by atoms with Gasteiger partial charge in [0.05, 0.1) is 6.10 Å². The van der Waals surface area contributed by atoms with Crippen LogP contribution in [0.2, 0.25) is 12.1 Å². The van der Waals surface area contributed by atoms with Crippen LogP contribution in [-0.2, 0) is 4.74 Å². The van der Waals surface area contributed by atoms with Crippen molar-refractivity contribution in [2.24, 2.45) is 17.8 Å². The molecule has 1 heterocycles. The second kappa shape index (κ2) is 6.94. The van der Waals surface area contributed by atoms with Gasteiger partial charge in [-0.25, -0.2) is 0 Å². The van der Waals surface area contributed by atoms with Gasteiger partial charge in [0.15, 0.2) is 0 Å². The van der Waals surface area contributed by atoms with E-state index < -0.39 is 0 Å². The predicted molar refractivity (Wildman–Crippen MR) is 74.6 cm³/mol. The van der Waals surface area contributed by atoms with Gasteiger partial charge in [-0.2, -0.15) is 0 Å². The Hall–Kier alpha value is 0.177. The Kier molecular flexibility index (Phi) is 5.55. The van der Waals surface area contributed by atoms with Crippen LogP contribution in [0.15, 0.2) is 0 Å². The molecule has 0 N–H and O–H groups in total. The van der Waals surface area contributed by atoms with Crippen LogP contribution in [0.4, 0.5) is 0 Å². The predicted octanol–water partition coefficient (Wildman–Crippen LogP) is 4.17. The van der Waals surface area contributed by atoms with Crippen LogP contribution in [0.25, 0.3) is 0 Å². The monoisotopic (exact) mass is 252 g/mol. The molecule has 2 radical (unpaired) electrons. The molecule has 1 nitrogen and oxygen atoms in total. The fourth-order valence-electron chi connectivity index (χ4n) is 4.08. The molecule has 0 aromatic heterocycles. The summed E-state index contributed by atoms with van der Waals surface area (Å²) in [5.74, 6) is 3.10. The third kappa shape index (κ3) is 3.57. The zero-order chi connectivity index (χ0) is 12.1. The lowest BCUT2D eigenvalue weighted by Crippen LogP contribution is -2.30. The Bertz CT molecular complexity index is 205. The van der Waals surface area contributed by atoms with Gasteiger partial charge in [-0.3, -0.25) is 0 Å². The summed E-state index contributed by atoms with van der Waals surface area (Å²) in [6, 6.07) is 3.04. The SMILES string of the molecule is CCC(C1CC[Si]CC1)C1CCC(OC)CC1. The normalized spacial score (nSPS) is 33.5. The number of hydrogen-bond acceptors (Lipinski definition) is 1. The molecular formula is C15H28OSi. The zero-order valence-corrected chi connectivity index (χ0v) is 12.6. The highest BCUT2D eigenvalue weighted by molar-refractivity contribution is 6.35. The van der Waals surface area contributed by atoms with Crippen LogP contribution < -0.4 is 0 Å². The van der Waals surface area contributed by atoms with E-state index >= 15 is 0 Å². The van der Waals surface area contributed by atoms with Crippen LogP contribution in [0.1, 0.15) is 51.9 Å². The van der Waals surface area contributed by atoms with Crippen molar-refractivity contribution in [2.45, 2.75) is 70.1 Å². The first kappa shape index (κ1) is 13.6. The average Bonchev–Trinajstić information content (AvgIpc) is 2.42. The molecule has 0 amide bonds. The molecule has 17 heavy (non-hydrogen) atoms. The van der Waals surface area contributed by atoms with E-state index in [9.17, 15) is 0 Å². The third-order valence-corrected chi connectivity index (χ3v) is 6.40. The second-order valence-corrected chi connectivity index (χ2v) is 7.43. The number of rotatable bonds is 4. The molecule has 98 valence electrons. The van der Waals surface area contributed by atoms with Crippen molar-refractivity contribution in [1.82, 2.24) is 0 Å². The Morgan fingerprint density at radius 1 is 1.00 bits per heavy atom. The van der Waals surface area contributed by atoms with Gasteiger partial charge >= 0.3 is 0 Å². The molecule has 0 bridgehead atoms. The summed E-state index contributed by atoms with van der Waals surface area (Å²) in [5.41, 5.74) is 0. The number of hydrogen-bond donors (Lipinski definition) is 0. The third-order valence-electron chi connectivity index (χ3n) is 5.12. The van der Waals surface area contributed by atoms with Crippen molar-refractivity contribution < 1.29 is 4.74 Å². The lowest BCUT2D eigenvalue weighted by Gasteiger charge is -2.38. The first-order valence-electron chi connectivity index (χ1n) is 7.58. The molecule has 1 aliphatic heterocycles. The smallest absolute Gasteiger partial charge is 0.0571 e. The summed E-state index contributed by atoms with van der Waals surface area (Å²) in [4.78, 5) is 0. The van der Waals surface area contributed by atoms with E-state index in [-0.39, 0.29) is 0 Å². The summed E-state index contributed by atoms with van der Waals surface area (Å²) < 4.78 is 5.50. The van der Waals surface area contributed by atoms with Crippen LogP contribution in [0.5, 0.6) is 0 Å². The molecular weight excluding hydrogens is 224 g/mol. The van der Waals surface area contributed by atoms with Gasteiger partial charge in [0.25, 0.3) is 0 Å². The maximum absolute atomic E-state index is 5.50. The highest BCUT2D eigenvalue weighted by atomic mass is 28.2. The minimum absolute atomic E-state index is 0.566. The van der Waals surface area contributed by atoms with E-state index in [1.807, 2.05) is 7.11 Å². The Balaban J connectivity index is 1.85. The van der Waals surface area contributed by atoms with Gasteiger partial charge in [0, 0.05) is 16.6 Å². The largest absolute Gasteiger partial charge is 0.381 e. The van der Waals surface area contributed by atoms with E-state index in [2.05, 4.69) is 6.92 Å². The van der Waals surface area contributed by atoms with Gasteiger partial charge in [-0.1, -0.05) is 38.3 Å². The van der Waals surface area contributed by atoms with Crippen molar-refractivity contribution in [3.8, 4) is 0 Å². The maximum Gasteiger partial charge on any atom is 0.0571 e. The molecule has 2 aliphatic rings. The lowest BCUT2D eigenvalue weighted by atomic mass is 9.70. The highest BCUT2D eigenvalue weighted by Gasteiger charge is 2.32. The van der Waals surface area contributed by atoms with E-state index in [0.717, 1.165) is 17.8 Å². The fraction of sp³-hybridized carbons (Fsp3) is 1.00. The van der Waals surface area contributed by atoms with Gasteiger partial charge in [0.2, 0.25) is 0 Å². The molecule has 2 heteroatoms. The Morgan fingerprint density at radius 2 is 1.59 bits per heavy atom. The maximum atomic E-state index is 5.50. The average molecular weight is 252 g/mol. The van der Waals surface area contributed by atoms with E-state index in [1.165, 1.54) is 66.6 Å². The molecule has 0 aromatic rings. The minimum atomic E-state index is 0.566. The van der Waals surface area contributed by atoms with Crippen LogP contribution in [-0.4, -0.2) is 22.7 Å². The Morgan fingerprint density at radius 3 is 2.12 bits per heavy atom. The highest BCUT2D eigenvalue weighted by Crippen LogP contribution is 2.41. The fourth-order valence-corrected chi connectivity index (χ4v) is 5.48. The first-order chi connectivity index (χ1) is 8.35.